The third-order valence-corrected chi connectivity index (χ3v) is 6.57. The molecular weight excluding hydrogens is 364 g/mol. The van der Waals surface area contributed by atoms with Gasteiger partial charge >= 0.3 is 0 Å². The van der Waals surface area contributed by atoms with E-state index in [2.05, 4.69) is 49.2 Å². The molecule has 1 aromatic heterocycles. The SMILES string of the molecule is CCCCCCCCCCCCCCCCCCC[n+]1ccn(C(C)C)c1CCC. The second-order valence-corrected chi connectivity index (χ2v) is 9.82. The molecule has 1 rings (SSSR count). The Morgan fingerprint density at radius 1 is 0.633 bits per heavy atom. The van der Waals surface area contributed by atoms with Crippen molar-refractivity contribution in [3.05, 3.63) is 18.2 Å². The van der Waals surface area contributed by atoms with E-state index in [-0.39, 0.29) is 0 Å². The van der Waals surface area contributed by atoms with Crippen LogP contribution >= 0.6 is 0 Å². The van der Waals surface area contributed by atoms with Gasteiger partial charge in [-0.05, 0) is 33.1 Å². The van der Waals surface area contributed by atoms with Crippen molar-refractivity contribution in [1.82, 2.24) is 4.57 Å². The van der Waals surface area contributed by atoms with Crippen molar-refractivity contribution < 1.29 is 4.57 Å². The minimum Gasteiger partial charge on any atom is -0.234 e. The molecule has 176 valence electrons. The van der Waals surface area contributed by atoms with Gasteiger partial charge in [-0.3, -0.25) is 0 Å². The fourth-order valence-electron chi connectivity index (χ4n) is 4.65. The molecule has 0 aromatic carbocycles. The van der Waals surface area contributed by atoms with Crippen molar-refractivity contribution in [3.8, 4) is 0 Å². The highest BCUT2D eigenvalue weighted by atomic mass is 15.2. The van der Waals surface area contributed by atoms with Crippen molar-refractivity contribution in [1.29, 1.82) is 0 Å². The Hall–Kier alpha value is -0.790. The summed E-state index contributed by atoms with van der Waals surface area (Å²) >= 11 is 0. The van der Waals surface area contributed by atoms with Crippen molar-refractivity contribution in [2.24, 2.45) is 0 Å². The van der Waals surface area contributed by atoms with Crippen LogP contribution in [-0.4, -0.2) is 4.57 Å². The highest BCUT2D eigenvalue weighted by Gasteiger charge is 2.17. The van der Waals surface area contributed by atoms with Crippen LogP contribution in [0.4, 0.5) is 0 Å². The highest BCUT2D eigenvalue weighted by molar-refractivity contribution is 4.86. The van der Waals surface area contributed by atoms with E-state index in [9.17, 15) is 0 Å². The minimum absolute atomic E-state index is 0.573. The quantitative estimate of drug-likeness (QED) is 0.139. The van der Waals surface area contributed by atoms with Crippen LogP contribution in [0.1, 0.15) is 155 Å². The molecule has 0 fully saturated rings. The number of rotatable bonds is 21. The minimum atomic E-state index is 0.573. The molecule has 0 spiro atoms. The molecule has 0 amide bonds. The number of hydrogen-bond donors (Lipinski definition) is 0. The molecule has 0 aliphatic heterocycles. The molecule has 1 heterocycles. The molecule has 2 heteroatoms. The molecule has 0 unspecified atom stereocenters. The summed E-state index contributed by atoms with van der Waals surface area (Å²) in [6.07, 6.45) is 31.6. The molecule has 0 radical (unpaired) electrons. The molecule has 0 atom stereocenters. The molecule has 0 bridgehead atoms. The first-order valence-corrected chi connectivity index (χ1v) is 13.8. The summed E-state index contributed by atoms with van der Waals surface area (Å²) in [5.41, 5.74) is 0. The average Bonchev–Trinajstić information content (AvgIpc) is 3.13. The molecule has 0 saturated heterocycles. The van der Waals surface area contributed by atoms with Crippen molar-refractivity contribution in [2.45, 2.75) is 162 Å². The van der Waals surface area contributed by atoms with E-state index >= 15 is 0 Å². The standard InChI is InChI=1S/C28H55N2/c1-5-7-8-9-10-11-12-13-14-15-16-17-18-19-20-21-22-24-29-25-26-30(27(3)4)28(29)23-6-2/h25-27H,5-24H2,1-4H3/q+1. The smallest absolute Gasteiger partial charge is 0.234 e. The van der Waals surface area contributed by atoms with Crippen molar-refractivity contribution in [2.75, 3.05) is 0 Å². The van der Waals surface area contributed by atoms with Crippen LogP contribution in [0.15, 0.2) is 12.4 Å². The van der Waals surface area contributed by atoms with Gasteiger partial charge in [0.1, 0.15) is 12.4 Å². The maximum atomic E-state index is 2.51. The molecule has 30 heavy (non-hydrogen) atoms. The normalized spacial score (nSPS) is 11.6. The van der Waals surface area contributed by atoms with Gasteiger partial charge in [0.25, 0.3) is 5.82 Å². The van der Waals surface area contributed by atoms with Crippen LogP contribution in [0, 0.1) is 0 Å². The molecule has 0 saturated carbocycles. The Morgan fingerprint density at radius 2 is 1.07 bits per heavy atom. The van der Waals surface area contributed by atoms with Crippen molar-refractivity contribution in [3.63, 3.8) is 0 Å². The van der Waals surface area contributed by atoms with E-state index in [0.29, 0.717) is 6.04 Å². The first-order chi connectivity index (χ1) is 14.7. The Kier molecular flexibility index (Phi) is 17.2. The summed E-state index contributed by atoms with van der Waals surface area (Å²) in [6, 6.07) is 0.573. The van der Waals surface area contributed by atoms with Crippen LogP contribution in [0.3, 0.4) is 0 Å². The van der Waals surface area contributed by atoms with Gasteiger partial charge in [0.15, 0.2) is 0 Å². The molecule has 1 aromatic rings. The summed E-state index contributed by atoms with van der Waals surface area (Å²) in [4.78, 5) is 0. The zero-order chi connectivity index (χ0) is 21.9. The molecular formula is C28H55N2+. The van der Waals surface area contributed by atoms with Gasteiger partial charge in [0.2, 0.25) is 0 Å². The lowest BCUT2D eigenvalue weighted by atomic mass is 10.0. The highest BCUT2D eigenvalue weighted by Crippen LogP contribution is 2.14. The summed E-state index contributed by atoms with van der Waals surface area (Å²) in [5, 5.41) is 0. The lowest BCUT2D eigenvalue weighted by Crippen LogP contribution is -2.37. The molecule has 2 nitrogen and oxygen atoms in total. The zero-order valence-corrected chi connectivity index (χ0v) is 21.3. The first-order valence-electron chi connectivity index (χ1n) is 13.8. The number of aromatic nitrogens is 2. The van der Waals surface area contributed by atoms with E-state index in [4.69, 9.17) is 0 Å². The van der Waals surface area contributed by atoms with Gasteiger partial charge in [-0.1, -0.05) is 110 Å². The average molecular weight is 420 g/mol. The second kappa shape index (κ2) is 18.9. The Labute approximate surface area is 189 Å². The number of imidazole rings is 1. The van der Waals surface area contributed by atoms with E-state index < -0.39 is 0 Å². The van der Waals surface area contributed by atoms with Crippen LogP contribution in [-0.2, 0) is 13.0 Å². The Morgan fingerprint density at radius 3 is 1.47 bits per heavy atom. The van der Waals surface area contributed by atoms with Crippen LogP contribution in [0.25, 0.3) is 0 Å². The first kappa shape index (κ1) is 27.2. The zero-order valence-electron chi connectivity index (χ0n) is 21.3. The topological polar surface area (TPSA) is 8.81 Å². The van der Waals surface area contributed by atoms with Gasteiger partial charge in [-0.25, -0.2) is 9.13 Å². The van der Waals surface area contributed by atoms with E-state index in [0.717, 1.165) is 0 Å². The van der Waals surface area contributed by atoms with Crippen LogP contribution < -0.4 is 4.57 Å². The lowest BCUT2D eigenvalue weighted by molar-refractivity contribution is -0.704. The van der Waals surface area contributed by atoms with E-state index in [1.54, 1.807) is 0 Å². The molecule has 0 aliphatic carbocycles. The van der Waals surface area contributed by atoms with Crippen molar-refractivity contribution >= 4 is 0 Å². The number of unbranched alkanes of at least 4 members (excludes halogenated alkanes) is 16. The summed E-state index contributed by atoms with van der Waals surface area (Å²) in [7, 11) is 0. The third kappa shape index (κ3) is 12.8. The van der Waals surface area contributed by atoms with Gasteiger partial charge in [-0.2, -0.15) is 0 Å². The third-order valence-electron chi connectivity index (χ3n) is 6.57. The predicted molar refractivity (Wildman–Crippen MR) is 133 cm³/mol. The number of hydrogen-bond acceptors (Lipinski definition) is 0. The summed E-state index contributed by atoms with van der Waals surface area (Å²) in [5.74, 6) is 1.52. The monoisotopic (exact) mass is 419 g/mol. The number of nitrogens with zero attached hydrogens (tertiary/aromatic N) is 2. The maximum absolute atomic E-state index is 2.51. The summed E-state index contributed by atoms with van der Waals surface area (Å²) < 4.78 is 4.96. The fraction of sp³-hybridized carbons (Fsp3) is 0.893. The Balaban J connectivity index is 1.90. The maximum Gasteiger partial charge on any atom is 0.256 e. The molecule has 0 N–H and O–H groups in total. The van der Waals surface area contributed by atoms with Gasteiger partial charge in [-0.15, -0.1) is 0 Å². The predicted octanol–water partition coefficient (Wildman–Crippen LogP) is 8.96. The van der Waals surface area contributed by atoms with Crippen LogP contribution in [0.5, 0.6) is 0 Å². The van der Waals surface area contributed by atoms with Gasteiger partial charge in [0.05, 0.1) is 12.6 Å². The Bertz CT molecular complexity index is 489. The largest absolute Gasteiger partial charge is 0.256 e. The summed E-state index contributed by atoms with van der Waals surface area (Å²) in [6.45, 7) is 10.4. The molecule has 0 aliphatic rings. The van der Waals surface area contributed by atoms with Crippen LogP contribution in [0.2, 0.25) is 0 Å². The van der Waals surface area contributed by atoms with Gasteiger partial charge < -0.3 is 0 Å². The second-order valence-electron chi connectivity index (χ2n) is 9.82. The lowest BCUT2D eigenvalue weighted by Gasteiger charge is -2.07. The number of aryl methyl sites for hydroxylation is 1. The van der Waals surface area contributed by atoms with E-state index in [1.165, 1.54) is 134 Å². The van der Waals surface area contributed by atoms with Gasteiger partial charge in [0, 0.05) is 6.42 Å². The van der Waals surface area contributed by atoms with E-state index in [1.807, 2.05) is 0 Å². The fourth-order valence-corrected chi connectivity index (χ4v) is 4.65.